The third-order valence-corrected chi connectivity index (χ3v) is 5.07. The smallest absolute Gasteiger partial charge is 0.314 e. The number of aliphatic carboxylic acids is 1. The van der Waals surface area contributed by atoms with Crippen LogP contribution in [0.5, 0.6) is 0 Å². The molecule has 1 aromatic heterocycles. The van der Waals surface area contributed by atoms with Crippen LogP contribution in [0.2, 0.25) is 0 Å². The van der Waals surface area contributed by atoms with Crippen LogP contribution in [0.3, 0.4) is 0 Å². The van der Waals surface area contributed by atoms with Gasteiger partial charge in [-0.05, 0) is 40.0 Å². The Morgan fingerprint density at radius 3 is 2.42 bits per heavy atom. The molecule has 0 radical (unpaired) electrons. The maximum Gasteiger partial charge on any atom is 0.314 e. The highest BCUT2D eigenvalue weighted by molar-refractivity contribution is 9.11. The van der Waals surface area contributed by atoms with Crippen molar-refractivity contribution in [1.82, 2.24) is 0 Å². The Labute approximate surface area is 125 Å². The van der Waals surface area contributed by atoms with E-state index in [0.29, 0.717) is 12.8 Å². The highest BCUT2D eigenvalue weighted by atomic mass is 79.9. The van der Waals surface area contributed by atoms with Crippen molar-refractivity contribution >= 4 is 33.2 Å². The van der Waals surface area contributed by atoms with Gasteiger partial charge in [0, 0.05) is 11.3 Å². The molecule has 19 heavy (non-hydrogen) atoms. The van der Waals surface area contributed by atoms with Crippen molar-refractivity contribution in [1.29, 1.82) is 0 Å². The quantitative estimate of drug-likeness (QED) is 0.872. The van der Waals surface area contributed by atoms with Crippen molar-refractivity contribution < 1.29 is 9.90 Å². The van der Waals surface area contributed by atoms with Crippen molar-refractivity contribution in [3.63, 3.8) is 0 Å². The van der Waals surface area contributed by atoms with Crippen LogP contribution in [0, 0.1) is 0 Å². The van der Waals surface area contributed by atoms with Gasteiger partial charge in [-0.3, -0.25) is 4.79 Å². The van der Waals surface area contributed by atoms with Crippen molar-refractivity contribution in [2.45, 2.75) is 25.2 Å². The van der Waals surface area contributed by atoms with Gasteiger partial charge in [-0.15, -0.1) is 11.3 Å². The second-order valence-electron chi connectivity index (χ2n) is 4.49. The van der Waals surface area contributed by atoms with Gasteiger partial charge in [0.2, 0.25) is 0 Å². The summed E-state index contributed by atoms with van der Waals surface area (Å²) in [6.07, 6.45) is 1.10. The number of carboxylic acids is 1. The minimum Gasteiger partial charge on any atom is -0.481 e. The zero-order valence-electron chi connectivity index (χ0n) is 10.6. The summed E-state index contributed by atoms with van der Waals surface area (Å²) in [4.78, 5) is 12.9. The molecule has 0 saturated carbocycles. The van der Waals surface area contributed by atoms with E-state index in [-0.39, 0.29) is 0 Å². The third kappa shape index (κ3) is 2.90. The summed E-state index contributed by atoms with van der Waals surface area (Å²) in [6.45, 7) is 1.93. The fraction of sp³-hybridized carbons (Fsp3) is 0.267. The zero-order chi connectivity index (χ0) is 13.9. The average Bonchev–Trinajstić information content (AvgIpc) is 2.82. The van der Waals surface area contributed by atoms with Gasteiger partial charge in [0.05, 0.1) is 9.20 Å². The largest absolute Gasteiger partial charge is 0.481 e. The number of benzene rings is 1. The average molecular weight is 339 g/mol. The Hall–Kier alpha value is -1.13. The van der Waals surface area contributed by atoms with Gasteiger partial charge < -0.3 is 5.11 Å². The predicted molar refractivity (Wildman–Crippen MR) is 81.8 cm³/mol. The van der Waals surface area contributed by atoms with Gasteiger partial charge in [0.25, 0.3) is 0 Å². The molecule has 1 unspecified atom stereocenters. The van der Waals surface area contributed by atoms with Crippen molar-refractivity contribution in [3.8, 4) is 0 Å². The number of carbonyl (C=O) groups is 1. The summed E-state index contributed by atoms with van der Waals surface area (Å²) >= 11 is 5.02. The van der Waals surface area contributed by atoms with E-state index in [9.17, 15) is 9.90 Å². The van der Waals surface area contributed by atoms with Gasteiger partial charge in [-0.1, -0.05) is 37.3 Å². The van der Waals surface area contributed by atoms with Gasteiger partial charge >= 0.3 is 5.97 Å². The second kappa shape index (κ2) is 5.88. The summed E-state index contributed by atoms with van der Waals surface area (Å²) in [6, 6.07) is 13.5. The van der Waals surface area contributed by atoms with Crippen LogP contribution in [0.1, 0.15) is 23.8 Å². The summed E-state index contributed by atoms with van der Waals surface area (Å²) in [5, 5.41) is 9.74. The maximum atomic E-state index is 11.9. The SMILES string of the molecule is CCC(Cc1ccc(Br)s1)(C(=O)O)c1ccccc1. The lowest BCUT2D eigenvalue weighted by atomic mass is 9.75. The maximum absolute atomic E-state index is 11.9. The third-order valence-electron chi connectivity index (χ3n) is 3.44. The van der Waals surface area contributed by atoms with Crippen LogP contribution in [0.4, 0.5) is 0 Å². The molecule has 0 aliphatic heterocycles. The molecular weight excluding hydrogens is 324 g/mol. The summed E-state index contributed by atoms with van der Waals surface area (Å²) < 4.78 is 1.03. The Kier molecular flexibility index (Phi) is 4.42. The molecule has 0 amide bonds. The fourth-order valence-electron chi connectivity index (χ4n) is 2.28. The van der Waals surface area contributed by atoms with E-state index in [2.05, 4.69) is 15.9 Å². The van der Waals surface area contributed by atoms with Gasteiger partial charge in [0.15, 0.2) is 0 Å². The zero-order valence-corrected chi connectivity index (χ0v) is 13.0. The van der Waals surface area contributed by atoms with Crippen LogP contribution in [-0.4, -0.2) is 11.1 Å². The Morgan fingerprint density at radius 2 is 1.95 bits per heavy atom. The molecule has 1 heterocycles. The Morgan fingerprint density at radius 1 is 1.26 bits per heavy atom. The molecule has 0 fully saturated rings. The number of thiophene rings is 1. The molecule has 0 bridgehead atoms. The summed E-state index contributed by atoms with van der Waals surface area (Å²) in [5.74, 6) is -0.759. The van der Waals surface area contributed by atoms with Crippen molar-refractivity contribution in [3.05, 3.63) is 56.7 Å². The molecule has 2 aromatic rings. The first-order valence-corrected chi connectivity index (χ1v) is 7.72. The monoisotopic (exact) mass is 338 g/mol. The number of rotatable bonds is 5. The first-order valence-electron chi connectivity index (χ1n) is 6.11. The molecule has 1 atom stereocenters. The van der Waals surface area contributed by atoms with Crippen LogP contribution in [0.15, 0.2) is 46.3 Å². The number of hydrogen-bond donors (Lipinski definition) is 1. The van der Waals surface area contributed by atoms with Crippen molar-refractivity contribution in [2.75, 3.05) is 0 Å². The predicted octanol–water partition coefficient (Wildman–Crippen LogP) is 4.49. The first kappa shape index (κ1) is 14.3. The van der Waals surface area contributed by atoms with Crippen LogP contribution in [-0.2, 0) is 16.6 Å². The molecule has 0 aliphatic carbocycles. The summed E-state index contributed by atoms with van der Waals surface area (Å²) in [7, 11) is 0. The molecule has 2 rings (SSSR count). The molecule has 1 aromatic carbocycles. The minimum absolute atomic E-state index is 0.527. The molecule has 0 aliphatic rings. The molecular formula is C15H15BrO2S. The van der Waals surface area contributed by atoms with E-state index in [0.717, 1.165) is 14.2 Å². The number of halogens is 1. The number of hydrogen-bond acceptors (Lipinski definition) is 2. The van der Waals surface area contributed by atoms with Gasteiger partial charge in [-0.25, -0.2) is 0 Å². The van der Waals surface area contributed by atoms with Gasteiger partial charge in [-0.2, -0.15) is 0 Å². The molecule has 0 saturated heterocycles. The van der Waals surface area contributed by atoms with E-state index in [4.69, 9.17) is 0 Å². The number of carboxylic acid groups (broad SMARTS) is 1. The molecule has 1 N–H and O–H groups in total. The van der Waals surface area contributed by atoms with Gasteiger partial charge in [0.1, 0.15) is 0 Å². The van der Waals surface area contributed by atoms with E-state index in [1.165, 1.54) is 0 Å². The minimum atomic E-state index is -0.842. The second-order valence-corrected chi connectivity index (χ2v) is 7.04. The lowest BCUT2D eigenvalue weighted by Crippen LogP contribution is -2.37. The highest BCUT2D eigenvalue weighted by Gasteiger charge is 2.39. The normalized spacial score (nSPS) is 14.0. The topological polar surface area (TPSA) is 37.3 Å². The standard InChI is InChI=1S/C15H15BrO2S/c1-2-15(14(17)18,11-6-4-3-5-7-11)10-12-8-9-13(16)19-12/h3-9H,2,10H2,1H3,(H,17,18). The first-order chi connectivity index (χ1) is 9.08. The highest BCUT2D eigenvalue weighted by Crippen LogP contribution is 2.35. The van der Waals surface area contributed by atoms with E-state index in [1.54, 1.807) is 11.3 Å². The lowest BCUT2D eigenvalue weighted by Gasteiger charge is -2.28. The van der Waals surface area contributed by atoms with Crippen molar-refractivity contribution in [2.24, 2.45) is 0 Å². The van der Waals surface area contributed by atoms with E-state index >= 15 is 0 Å². The van der Waals surface area contributed by atoms with E-state index < -0.39 is 11.4 Å². The molecule has 4 heteroatoms. The molecule has 2 nitrogen and oxygen atoms in total. The molecule has 100 valence electrons. The fourth-order valence-corrected chi connectivity index (χ4v) is 3.88. The van der Waals surface area contributed by atoms with Crippen LogP contribution in [0.25, 0.3) is 0 Å². The Bertz CT molecular complexity index is 565. The Balaban J connectivity index is 2.43. The lowest BCUT2D eigenvalue weighted by molar-refractivity contribution is -0.144. The van der Waals surface area contributed by atoms with E-state index in [1.807, 2.05) is 49.4 Å². The van der Waals surface area contributed by atoms with Crippen LogP contribution < -0.4 is 0 Å². The van der Waals surface area contributed by atoms with Crippen LogP contribution >= 0.6 is 27.3 Å². The summed E-state index contributed by atoms with van der Waals surface area (Å²) in [5.41, 5.74) is 0.0282. The molecule has 0 spiro atoms.